The highest BCUT2D eigenvalue weighted by molar-refractivity contribution is 6.30. The highest BCUT2D eigenvalue weighted by atomic mass is 35.5. The van der Waals surface area contributed by atoms with Crippen LogP contribution in [-0.2, 0) is 4.79 Å². The molecule has 152 valence electrons. The number of hydrogen-bond donors (Lipinski definition) is 1. The fraction of sp³-hybridized carbons (Fsp3) is 0.136. The van der Waals surface area contributed by atoms with Gasteiger partial charge >= 0.3 is 0 Å². The number of rotatable bonds is 6. The van der Waals surface area contributed by atoms with Gasteiger partial charge in [0.25, 0.3) is 5.91 Å². The van der Waals surface area contributed by atoms with Gasteiger partial charge in [-0.2, -0.15) is 0 Å². The number of carbonyl (C=O) groups excluding carboxylic acids is 1. The fourth-order valence-electron chi connectivity index (χ4n) is 2.89. The lowest BCUT2D eigenvalue weighted by Gasteiger charge is -2.11. The van der Waals surface area contributed by atoms with Gasteiger partial charge in [0, 0.05) is 22.3 Å². The predicted octanol–water partition coefficient (Wildman–Crippen LogP) is 4.38. The van der Waals surface area contributed by atoms with Crippen LogP contribution in [0, 0.1) is 6.92 Å². The lowest BCUT2D eigenvalue weighted by molar-refractivity contribution is -0.118. The zero-order chi connectivity index (χ0) is 21.1. The number of anilines is 1. The number of benzene rings is 2. The molecule has 0 unspecified atom stereocenters. The van der Waals surface area contributed by atoms with Crippen molar-refractivity contribution >= 4 is 28.8 Å². The number of methoxy groups -OCH3 is 1. The van der Waals surface area contributed by atoms with Crippen molar-refractivity contribution in [1.82, 2.24) is 14.6 Å². The topological polar surface area (TPSA) is 77.8 Å². The molecule has 0 fully saturated rings. The van der Waals surface area contributed by atoms with Crippen LogP contribution in [0.15, 0.2) is 60.8 Å². The maximum Gasteiger partial charge on any atom is 0.262 e. The molecule has 1 amide bonds. The normalized spacial score (nSPS) is 10.8. The number of nitrogens with one attached hydrogen (secondary N) is 1. The van der Waals surface area contributed by atoms with Gasteiger partial charge in [0.2, 0.25) is 5.88 Å². The Balaban J connectivity index is 1.50. The monoisotopic (exact) mass is 422 g/mol. The first-order valence-corrected chi connectivity index (χ1v) is 9.59. The van der Waals surface area contributed by atoms with Crippen molar-refractivity contribution in [3.8, 4) is 22.9 Å². The third-order valence-electron chi connectivity index (χ3n) is 4.50. The maximum atomic E-state index is 12.4. The average Bonchev–Trinajstić information content (AvgIpc) is 3.18. The van der Waals surface area contributed by atoms with Gasteiger partial charge in [-0.25, -0.2) is 9.50 Å². The summed E-state index contributed by atoms with van der Waals surface area (Å²) in [4.78, 5) is 16.9. The highest BCUT2D eigenvalue weighted by Crippen LogP contribution is 2.25. The summed E-state index contributed by atoms with van der Waals surface area (Å²) in [6.45, 7) is 1.82. The second kappa shape index (κ2) is 8.42. The number of hydrogen-bond acceptors (Lipinski definition) is 5. The smallest absolute Gasteiger partial charge is 0.262 e. The van der Waals surface area contributed by atoms with Crippen LogP contribution < -0.4 is 14.8 Å². The van der Waals surface area contributed by atoms with Crippen molar-refractivity contribution in [1.29, 1.82) is 0 Å². The Labute approximate surface area is 178 Å². The number of halogens is 1. The zero-order valence-corrected chi connectivity index (χ0v) is 17.2. The van der Waals surface area contributed by atoms with E-state index in [0.29, 0.717) is 28.0 Å². The summed E-state index contributed by atoms with van der Waals surface area (Å²) in [7, 11) is 1.57. The van der Waals surface area contributed by atoms with Crippen molar-refractivity contribution in [2.24, 2.45) is 0 Å². The number of amides is 1. The Kier molecular flexibility index (Phi) is 5.54. The van der Waals surface area contributed by atoms with Crippen molar-refractivity contribution in [3.63, 3.8) is 0 Å². The molecule has 8 heteroatoms. The van der Waals surface area contributed by atoms with Crippen molar-refractivity contribution in [2.75, 3.05) is 19.0 Å². The number of imidazole rings is 1. The maximum absolute atomic E-state index is 12.4. The molecular formula is C22H19ClN4O3. The Morgan fingerprint density at radius 3 is 2.70 bits per heavy atom. The molecule has 2 aromatic heterocycles. The van der Waals surface area contributed by atoms with E-state index in [4.69, 9.17) is 21.1 Å². The van der Waals surface area contributed by atoms with Crippen LogP contribution in [-0.4, -0.2) is 34.2 Å². The lowest BCUT2D eigenvalue weighted by atomic mass is 10.1. The molecule has 2 heterocycles. The van der Waals surface area contributed by atoms with Crippen LogP contribution in [0.4, 0.5) is 5.69 Å². The summed E-state index contributed by atoms with van der Waals surface area (Å²) in [6, 6.07) is 16.2. The van der Waals surface area contributed by atoms with Gasteiger partial charge in [0.1, 0.15) is 5.75 Å². The first kappa shape index (κ1) is 19.7. The number of nitrogens with zero attached hydrogens (tertiary/aromatic N) is 3. The number of fused-ring (bicyclic) bond motifs is 1. The van der Waals surface area contributed by atoms with E-state index >= 15 is 0 Å². The second-order valence-corrected chi connectivity index (χ2v) is 7.06. The van der Waals surface area contributed by atoms with Gasteiger partial charge in [-0.05, 0) is 48.9 Å². The minimum atomic E-state index is -0.258. The molecule has 2 aromatic carbocycles. The van der Waals surface area contributed by atoms with E-state index in [1.165, 1.54) is 0 Å². The van der Waals surface area contributed by atoms with E-state index in [9.17, 15) is 4.79 Å². The standard InChI is InChI=1S/C22H19ClN4O3/c1-14-3-4-15(19-12-27-20(24-19)9-10-22(26-27)29-2)11-18(14)25-21(28)13-30-17-7-5-16(23)6-8-17/h3-12H,13H2,1-2H3,(H,25,28). The molecule has 1 N–H and O–H groups in total. The van der Waals surface area contributed by atoms with E-state index in [-0.39, 0.29) is 12.5 Å². The van der Waals surface area contributed by atoms with Crippen molar-refractivity contribution < 1.29 is 14.3 Å². The van der Waals surface area contributed by atoms with Crippen LogP contribution in [0.1, 0.15) is 5.56 Å². The van der Waals surface area contributed by atoms with Gasteiger partial charge in [0.15, 0.2) is 12.3 Å². The van der Waals surface area contributed by atoms with E-state index < -0.39 is 0 Å². The predicted molar refractivity (Wildman–Crippen MR) is 115 cm³/mol. The Bertz CT molecular complexity index is 1200. The summed E-state index contributed by atoms with van der Waals surface area (Å²) in [5.41, 5.74) is 3.93. The van der Waals surface area contributed by atoms with Crippen LogP contribution in [0.3, 0.4) is 0 Å². The van der Waals surface area contributed by atoms with E-state index in [2.05, 4.69) is 15.4 Å². The SMILES string of the molecule is COc1ccc2nc(-c3ccc(C)c(NC(=O)COc4ccc(Cl)cc4)c3)cn2n1. The number of carbonyl (C=O) groups is 1. The first-order chi connectivity index (χ1) is 14.5. The van der Waals surface area contributed by atoms with Crippen molar-refractivity contribution in [3.05, 3.63) is 71.4 Å². The zero-order valence-electron chi connectivity index (χ0n) is 16.4. The molecule has 4 aromatic rings. The van der Waals surface area contributed by atoms with Gasteiger partial charge < -0.3 is 14.8 Å². The van der Waals surface area contributed by atoms with Crippen molar-refractivity contribution in [2.45, 2.75) is 6.92 Å². The molecule has 0 aliphatic carbocycles. The molecule has 7 nitrogen and oxygen atoms in total. The summed E-state index contributed by atoms with van der Waals surface area (Å²) in [6.07, 6.45) is 1.82. The average molecular weight is 423 g/mol. The molecule has 0 aliphatic rings. The molecule has 0 bridgehead atoms. The fourth-order valence-corrected chi connectivity index (χ4v) is 3.02. The van der Waals surface area contributed by atoms with E-state index in [1.54, 1.807) is 42.0 Å². The summed E-state index contributed by atoms with van der Waals surface area (Å²) < 4.78 is 12.3. The van der Waals surface area contributed by atoms with Crippen LogP contribution in [0.25, 0.3) is 16.9 Å². The minimum Gasteiger partial charge on any atom is -0.484 e. The van der Waals surface area contributed by atoms with Crippen LogP contribution >= 0.6 is 11.6 Å². The molecule has 30 heavy (non-hydrogen) atoms. The molecule has 0 atom stereocenters. The van der Waals surface area contributed by atoms with E-state index in [1.807, 2.05) is 37.4 Å². The molecule has 0 saturated carbocycles. The van der Waals surface area contributed by atoms with Gasteiger partial charge in [-0.3, -0.25) is 4.79 Å². The van der Waals surface area contributed by atoms with Gasteiger partial charge in [-0.15, -0.1) is 5.10 Å². The number of aryl methyl sites for hydroxylation is 1. The Morgan fingerprint density at radius 1 is 1.13 bits per heavy atom. The molecular weight excluding hydrogens is 404 g/mol. The first-order valence-electron chi connectivity index (χ1n) is 9.21. The molecule has 0 saturated heterocycles. The molecule has 4 rings (SSSR count). The number of aromatic nitrogens is 3. The Hall–Kier alpha value is -3.58. The summed E-state index contributed by atoms with van der Waals surface area (Å²) >= 11 is 5.85. The van der Waals surface area contributed by atoms with Crippen LogP contribution in [0.2, 0.25) is 5.02 Å². The van der Waals surface area contributed by atoms with Gasteiger partial charge in [0.05, 0.1) is 19.0 Å². The second-order valence-electron chi connectivity index (χ2n) is 6.63. The molecule has 0 spiro atoms. The number of ether oxygens (including phenoxy) is 2. The lowest BCUT2D eigenvalue weighted by Crippen LogP contribution is -2.20. The van der Waals surface area contributed by atoms with Crippen LogP contribution in [0.5, 0.6) is 11.6 Å². The highest BCUT2D eigenvalue weighted by Gasteiger charge is 2.11. The molecule has 0 aliphatic heterocycles. The summed E-state index contributed by atoms with van der Waals surface area (Å²) in [5, 5.41) is 7.83. The quantitative estimate of drug-likeness (QED) is 0.498. The minimum absolute atomic E-state index is 0.108. The third kappa shape index (κ3) is 4.36. The summed E-state index contributed by atoms with van der Waals surface area (Å²) in [5.74, 6) is 0.822. The largest absolute Gasteiger partial charge is 0.484 e. The molecule has 0 radical (unpaired) electrons. The Morgan fingerprint density at radius 2 is 1.93 bits per heavy atom. The van der Waals surface area contributed by atoms with E-state index in [0.717, 1.165) is 16.8 Å². The van der Waals surface area contributed by atoms with Gasteiger partial charge in [-0.1, -0.05) is 23.7 Å². The third-order valence-corrected chi connectivity index (χ3v) is 4.75.